The summed E-state index contributed by atoms with van der Waals surface area (Å²) >= 11 is 0. The molecule has 2 aromatic carbocycles. The van der Waals surface area contributed by atoms with Crippen LogP contribution in [0.1, 0.15) is 73.1 Å². The first-order valence-corrected chi connectivity index (χ1v) is 9.90. The van der Waals surface area contributed by atoms with Gasteiger partial charge in [0, 0.05) is 5.56 Å². The van der Waals surface area contributed by atoms with Gasteiger partial charge in [0.2, 0.25) is 0 Å². The van der Waals surface area contributed by atoms with Crippen molar-refractivity contribution in [2.75, 3.05) is 14.2 Å². The molecule has 0 saturated carbocycles. The standard InChI is InChI=1S/C24H33NO3/c1-15(2)12-22(18-8-10-19(27-6)11-9-18)25-24(26)21-14-20(16(3)4)23(28-7)13-17(21)5/h8-11,13-16,22H,12H2,1-7H3,(H,25,26)/t22-/m1/s1. The highest BCUT2D eigenvalue weighted by Gasteiger charge is 2.20. The lowest BCUT2D eigenvalue weighted by molar-refractivity contribution is 0.0931. The zero-order chi connectivity index (χ0) is 20.8. The molecule has 0 fully saturated rings. The van der Waals surface area contributed by atoms with Crippen molar-refractivity contribution in [2.24, 2.45) is 5.92 Å². The van der Waals surface area contributed by atoms with Crippen molar-refractivity contribution in [3.63, 3.8) is 0 Å². The average molecular weight is 384 g/mol. The molecule has 4 heteroatoms. The minimum absolute atomic E-state index is 0.0523. The molecule has 0 aromatic heterocycles. The maximum absolute atomic E-state index is 13.2. The summed E-state index contributed by atoms with van der Waals surface area (Å²) in [4.78, 5) is 13.2. The molecule has 28 heavy (non-hydrogen) atoms. The summed E-state index contributed by atoms with van der Waals surface area (Å²) in [6, 6.07) is 11.8. The Morgan fingerprint density at radius 2 is 1.64 bits per heavy atom. The lowest BCUT2D eigenvalue weighted by Gasteiger charge is -2.23. The van der Waals surface area contributed by atoms with Crippen LogP contribution in [0.25, 0.3) is 0 Å². The molecule has 0 aliphatic rings. The zero-order valence-electron chi connectivity index (χ0n) is 18.1. The summed E-state index contributed by atoms with van der Waals surface area (Å²) in [6.45, 7) is 10.5. The smallest absolute Gasteiger partial charge is 0.252 e. The van der Waals surface area contributed by atoms with Gasteiger partial charge in [-0.1, -0.05) is 39.8 Å². The number of rotatable bonds is 8. The summed E-state index contributed by atoms with van der Waals surface area (Å²) < 4.78 is 10.8. The summed E-state index contributed by atoms with van der Waals surface area (Å²) in [5.41, 5.74) is 3.74. The Labute approximate surface area is 169 Å². The van der Waals surface area contributed by atoms with Crippen LogP contribution >= 0.6 is 0 Å². The van der Waals surface area contributed by atoms with Crippen molar-refractivity contribution in [1.29, 1.82) is 0 Å². The SMILES string of the molecule is COc1ccc([C@@H](CC(C)C)NC(=O)c2cc(C(C)C)c(OC)cc2C)cc1. The van der Waals surface area contributed by atoms with E-state index < -0.39 is 0 Å². The van der Waals surface area contributed by atoms with Gasteiger partial charge < -0.3 is 14.8 Å². The van der Waals surface area contributed by atoms with E-state index in [1.807, 2.05) is 43.3 Å². The van der Waals surface area contributed by atoms with E-state index in [4.69, 9.17) is 9.47 Å². The van der Waals surface area contributed by atoms with Crippen LogP contribution in [0, 0.1) is 12.8 Å². The minimum atomic E-state index is -0.0533. The average Bonchev–Trinajstić information content (AvgIpc) is 2.66. The molecule has 0 saturated heterocycles. The van der Waals surface area contributed by atoms with Crippen molar-refractivity contribution >= 4 is 5.91 Å². The van der Waals surface area contributed by atoms with Gasteiger partial charge in [-0.15, -0.1) is 0 Å². The van der Waals surface area contributed by atoms with Crippen molar-refractivity contribution in [3.05, 3.63) is 58.7 Å². The third-order valence-electron chi connectivity index (χ3n) is 4.97. The molecule has 0 aliphatic carbocycles. The molecule has 1 amide bonds. The van der Waals surface area contributed by atoms with Crippen LogP contribution in [0.3, 0.4) is 0 Å². The Morgan fingerprint density at radius 3 is 2.14 bits per heavy atom. The van der Waals surface area contributed by atoms with E-state index in [2.05, 4.69) is 33.0 Å². The van der Waals surface area contributed by atoms with Gasteiger partial charge in [0.15, 0.2) is 0 Å². The van der Waals surface area contributed by atoms with Gasteiger partial charge in [-0.2, -0.15) is 0 Å². The Balaban J connectivity index is 2.33. The quantitative estimate of drug-likeness (QED) is 0.640. The fourth-order valence-electron chi connectivity index (χ4n) is 3.39. The van der Waals surface area contributed by atoms with Gasteiger partial charge in [-0.3, -0.25) is 4.79 Å². The van der Waals surface area contributed by atoms with E-state index in [-0.39, 0.29) is 17.9 Å². The molecular weight excluding hydrogens is 350 g/mol. The van der Waals surface area contributed by atoms with Crippen LogP contribution in [-0.4, -0.2) is 20.1 Å². The van der Waals surface area contributed by atoms with Crippen molar-refractivity contribution in [1.82, 2.24) is 5.32 Å². The number of nitrogens with one attached hydrogen (secondary N) is 1. The molecule has 2 rings (SSSR count). The summed E-state index contributed by atoms with van der Waals surface area (Å²) in [5, 5.41) is 3.24. The summed E-state index contributed by atoms with van der Waals surface area (Å²) in [6.07, 6.45) is 0.865. The molecule has 0 heterocycles. The van der Waals surface area contributed by atoms with E-state index in [0.717, 1.165) is 34.6 Å². The van der Waals surface area contributed by atoms with Gasteiger partial charge in [0.25, 0.3) is 5.91 Å². The first kappa shape index (κ1) is 21.8. The first-order chi connectivity index (χ1) is 13.3. The predicted molar refractivity (Wildman–Crippen MR) is 114 cm³/mol. The Morgan fingerprint density at radius 1 is 1.00 bits per heavy atom. The number of carbonyl (C=O) groups is 1. The van der Waals surface area contributed by atoms with Crippen LogP contribution in [0.2, 0.25) is 0 Å². The van der Waals surface area contributed by atoms with Gasteiger partial charge in [0.1, 0.15) is 11.5 Å². The van der Waals surface area contributed by atoms with Crippen LogP contribution in [0.15, 0.2) is 36.4 Å². The van der Waals surface area contributed by atoms with E-state index in [1.54, 1.807) is 14.2 Å². The van der Waals surface area contributed by atoms with Crippen molar-refractivity contribution in [3.8, 4) is 11.5 Å². The molecular formula is C24H33NO3. The summed E-state index contributed by atoms with van der Waals surface area (Å²) in [7, 11) is 3.32. The number of aryl methyl sites for hydroxylation is 1. The number of benzene rings is 2. The topological polar surface area (TPSA) is 47.6 Å². The van der Waals surface area contributed by atoms with E-state index >= 15 is 0 Å². The second kappa shape index (κ2) is 9.63. The molecule has 0 radical (unpaired) electrons. The Kier molecular flexibility index (Phi) is 7.50. The highest BCUT2D eigenvalue weighted by Crippen LogP contribution is 2.30. The molecule has 0 unspecified atom stereocenters. The Bertz CT molecular complexity index is 794. The van der Waals surface area contributed by atoms with Crippen molar-refractivity contribution in [2.45, 2.75) is 53.0 Å². The maximum Gasteiger partial charge on any atom is 0.252 e. The molecule has 1 N–H and O–H groups in total. The summed E-state index contributed by atoms with van der Waals surface area (Å²) in [5.74, 6) is 2.32. The van der Waals surface area contributed by atoms with Crippen LogP contribution in [-0.2, 0) is 0 Å². The number of ether oxygens (including phenoxy) is 2. The zero-order valence-corrected chi connectivity index (χ0v) is 18.1. The lowest BCUT2D eigenvalue weighted by atomic mass is 9.94. The third kappa shape index (κ3) is 5.28. The van der Waals surface area contributed by atoms with E-state index in [1.165, 1.54) is 0 Å². The maximum atomic E-state index is 13.2. The number of methoxy groups -OCH3 is 2. The van der Waals surface area contributed by atoms with Gasteiger partial charge >= 0.3 is 0 Å². The van der Waals surface area contributed by atoms with Crippen LogP contribution in [0.4, 0.5) is 0 Å². The van der Waals surface area contributed by atoms with Crippen molar-refractivity contribution < 1.29 is 14.3 Å². The molecule has 2 aromatic rings. The number of amides is 1. The number of hydrogen-bond acceptors (Lipinski definition) is 3. The molecule has 4 nitrogen and oxygen atoms in total. The van der Waals surface area contributed by atoms with Crippen LogP contribution < -0.4 is 14.8 Å². The normalized spacial score (nSPS) is 12.2. The second-order valence-electron chi connectivity index (χ2n) is 7.99. The van der Waals surface area contributed by atoms with E-state index in [9.17, 15) is 4.79 Å². The fourth-order valence-corrected chi connectivity index (χ4v) is 3.39. The number of hydrogen-bond donors (Lipinski definition) is 1. The molecule has 1 atom stereocenters. The molecule has 0 bridgehead atoms. The highest BCUT2D eigenvalue weighted by molar-refractivity contribution is 5.96. The molecule has 0 aliphatic heterocycles. The first-order valence-electron chi connectivity index (χ1n) is 9.90. The minimum Gasteiger partial charge on any atom is -0.497 e. The number of carbonyl (C=O) groups excluding carboxylic acids is 1. The van der Waals surface area contributed by atoms with Gasteiger partial charge in [-0.05, 0) is 66.1 Å². The largest absolute Gasteiger partial charge is 0.497 e. The molecule has 152 valence electrons. The predicted octanol–water partition coefficient (Wildman–Crippen LogP) is 5.65. The second-order valence-corrected chi connectivity index (χ2v) is 7.99. The lowest BCUT2D eigenvalue weighted by Crippen LogP contribution is -2.30. The fraction of sp³-hybridized carbons (Fsp3) is 0.458. The molecule has 0 spiro atoms. The third-order valence-corrected chi connectivity index (χ3v) is 4.97. The highest BCUT2D eigenvalue weighted by atomic mass is 16.5. The Hall–Kier alpha value is -2.49. The monoisotopic (exact) mass is 383 g/mol. The van der Waals surface area contributed by atoms with Gasteiger partial charge in [-0.25, -0.2) is 0 Å². The van der Waals surface area contributed by atoms with Gasteiger partial charge in [0.05, 0.1) is 20.3 Å². The van der Waals surface area contributed by atoms with E-state index in [0.29, 0.717) is 11.5 Å². The van der Waals surface area contributed by atoms with Crippen LogP contribution in [0.5, 0.6) is 11.5 Å².